The second kappa shape index (κ2) is 6.64. The van der Waals surface area contributed by atoms with E-state index in [0.29, 0.717) is 18.0 Å². The molecule has 1 fully saturated rings. The van der Waals surface area contributed by atoms with Crippen molar-refractivity contribution in [2.24, 2.45) is 11.1 Å². The summed E-state index contributed by atoms with van der Waals surface area (Å²) in [4.78, 5) is 2.35. The van der Waals surface area contributed by atoms with Gasteiger partial charge >= 0.3 is 0 Å². The quantitative estimate of drug-likeness (QED) is 0.894. The molecule has 0 amide bonds. The lowest BCUT2D eigenvalue weighted by Gasteiger charge is -2.41. The van der Waals surface area contributed by atoms with Gasteiger partial charge in [0.15, 0.2) is 0 Å². The third kappa shape index (κ3) is 3.97. The van der Waals surface area contributed by atoms with Gasteiger partial charge in [0.2, 0.25) is 0 Å². The SMILES string of the molecule is CN(C1CCC(C)(C)CC1)C(CN)c1ccc(F)c(Cl)c1. The first-order valence-electron chi connectivity index (χ1n) is 7.71. The molecule has 4 heteroatoms. The molecular weight excluding hydrogens is 287 g/mol. The van der Waals surface area contributed by atoms with Crippen LogP contribution < -0.4 is 5.73 Å². The molecule has 0 radical (unpaired) electrons. The molecule has 1 atom stereocenters. The number of rotatable bonds is 4. The average molecular weight is 313 g/mol. The number of likely N-dealkylation sites (N-methyl/N-ethyl adjacent to an activating group) is 1. The molecule has 1 aliphatic rings. The van der Waals surface area contributed by atoms with Crippen LogP contribution in [0.2, 0.25) is 5.02 Å². The highest BCUT2D eigenvalue weighted by atomic mass is 35.5. The van der Waals surface area contributed by atoms with Gasteiger partial charge in [0.25, 0.3) is 0 Å². The van der Waals surface area contributed by atoms with Gasteiger partial charge in [-0.05, 0) is 55.8 Å². The normalized spacial score (nSPS) is 20.7. The van der Waals surface area contributed by atoms with Crippen LogP contribution in [-0.2, 0) is 0 Å². The molecule has 21 heavy (non-hydrogen) atoms. The number of nitrogens with zero attached hydrogens (tertiary/aromatic N) is 1. The molecule has 1 aromatic rings. The van der Waals surface area contributed by atoms with E-state index in [4.69, 9.17) is 17.3 Å². The van der Waals surface area contributed by atoms with Crippen molar-refractivity contribution in [3.8, 4) is 0 Å². The van der Waals surface area contributed by atoms with Crippen molar-refractivity contribution in [1.82, 2.24) is 4.90 Å². The minimum absolute atomic E-state index is 0.0920. The predicted octanol–water partition coefficient (Wildman–Crippen LogP) is 4.38. The molecule has 1 aromatic carbocycles. The van der Waals surface area contributed by atoms with E-state index in [2.05, 4.69) is 25.8 Å². The molecular formula is C17H26ClFN2. The van der Waals surface area contributed by atoms with E-state index < -0.39 is 0 Å². The number of hydrogen-bond acceptors (Lipinski definition) is 2. The van der Waals surface area contributed by atoms with Crippen molar-refractivity contribution in [1.29, 1.82) is 0 Å². The van der Waals surface area contributed by atoms with E-state index >= 15 is 0 Å². The van der Waals surface area contributed by atoms with E-state index in [-0.39, 0.29) is 16.9 Å². The lowest BCUT2D eigenvalue weighted by molar-refractivity contribution is 0.0966. The van der Waals surface area contributed by atoms with E-state index in [1.807, 2.05) is 0 Å². The van der Waals surface area contributed by atoms with E-state index in [0.717, 1.165) is 5.56 Å². The Morgan fingerprint density at radius 1 is 1.38 bits per heavy atom. The van der Waals surface area contributed by atoms with Crippen LogP contribution in [0.3, 0.4) is 0 Å². The molecule has 0 saturated heterocycles. The lowest BCUT2D eigenvalue weighted by Crippen LogP contribution is -2.41. The highest BCUT2D eigenvalue weighted by Gasteiger charge is 2.31. The lowest BCUT2D eigenvalue weighted by atomic mass is 9.75. The van der Waals surface area contributed by atoms with Gasteiger partial charge in [-0.1, -0.05) is 31.5 Å². The molecule has 1 saturated carbocycles. The number of hydrogen-bond donors (Lipinski definition) is 1. The van der Waals surface area contributed by atoms with E-state index in [1.54, 1.807) is 12.1 Å². The molecule has 0 aromatic heterocycles. The zero-order valence-corrected chi connectivity index (χ0v) is 14.0. The summed E-state index contributed by atoms with van der Waals surface area (Å²) < 4.78 is 13.3. The third-order valence-electron chi connectivity index (χ3n) is 4.93. The maximum Gasteiger partial charge on any atom is 0.141 e. The van der Waals surface area contributed by atoms with Crippen LogP contribution >= 0.6 is 11.6 Å². The Morgan fingerprint density at radius 2 is 2.00 bits per heavy atom. The highest BCUT2D eigenvalue weighted by Crippen LogP contribution is 2.38. The van der Waals surface area contributed by atoms with Crippen LogP contribution in [0.1, 0.15) is 51.1 Å². The van der Waals surface area contributed by atoms with Gasteiger partial charge in [-0.2, -0.15) is 0 Å². The summed E-state index contributed by atoms with van der Waals surface area (Å²) >= 11 is 5.91. The molecule has 1 aliphatic carbocycles. The van der Waals surface area contributed by atoms with Crippen molar-refractivity contribution >= 4 is 11.6 Å². The van der Waals surface area contributed by atoms with Gasteiger partial charge in [0.05, 0.1) is 5.02 Å². The monoisotopic (exact) mass is 312 g/mol. The Labute approximate surface area is 132 Å². The van der Waals surface area contributed by atoms with Crippen LogP contribution in [-0.4, -0.2) is 24.5 Å². The van der Waals surface area contributed by atoms with Crippen LogP contribution in [0, 0.1) is 11.2 Å². The fourth-order valence-corrected chi connectivity index (χ4v) is 3.49. The molecule has 1 unspecified atom stereocenters. The summed E-state index contributed by atoms with van der Waals surface area (Å²) in [5, 5.41) is 0.170. The Balaban J connectivity index is 2.11. The smallest absolute Gasteiger partial charge is 0.141 e. The Morgan fingerprint density at radius 3 is 2.52 bits per heavy atom. The summed E-state index contributed by atoms with van der Waals surface area (Å²) in [6.45, 7) is 5.19. The Bertz CT molecular complexity index is 480. The largest absolute Gasteiger partial charge is 0.329 e. The minimum Gasteiger partial charge on any atom is -0.329 e. The zero-order valence-electron chi connectivity index (χ0n) is 13.2. The van der Waals surface area contributed by atoms with Crippen molar-refractivity contribution in [3.05, 3.63) is 34.6 Å². The van der Waals surface area contributed by atoms with Gasteiger partial charge < -0.3 is 5.73 Å². The summed E-state index contributed by atoms with van der Waals surface area (Å²) in [6, 6.07) is 5.56. The molecule has 0 aliphatic heterocycles. The number of halogens is 2. The number of nitrogens with two attached hydrogens (primary N) is 1. The molecule has 0 bridgehead atoms. The maximum atomic E-state index is 13.3. The fourth-order valence-electron chi connectivity index (χ4n) is 3.30. The van der Waals surface area contributed by atoms with Gasteiger partial charge in [0, 0.05) is 18.6 Å². The minimum atomic E-state index is -0.377. The van der Waals surface area contributed by atoms with E-state index in [1.165, 1.54) is 31.7 Å². The Kier molecular flexibility index (Phi) is 5.29. The van der Waals surface area contributed by atoms with Gasteiger partial charge in [0.1, 0.15) is 5.82 Å². The first kappa shape index (κ1) is 16.7. The van der Waals surface area contributed by atoms with Crippen molar-refractivity contribution < 1.29 is 4.39 Å². The summed E-state index contributed by atoms with van der Waals surface area (Å²) in [7, 11) is 2.12. The summed E-state index contributed by atoms with van der Waals surface area (Å²) in [5.74, 6) is -0.377. The first-order valence-corrected chi connectivity index (χ1v) is 8.09. The standard InChI is InChI=1S/C17H26ClFN2/c1-17(2)8-6-13(7-9-17)21(3)16(11-20)12-4-5-15(19)14(18)10-12/h4-5,10,13,16H,6-9,11,20H2,1-3H3. The van der Waals surface area contributed by atoms with Crippen LogP contribution in [0.25, 0.3) is 0 Å². The topological polar surface area (TPSA) is 29.3 Å². The predicted molar refractivity (Wildman–Crippen MR) is 87.0 cm³/mol. The van der Waals surface area contributed by atoms with E-state index in [9.17, 15) is 4.39 Å². The third-order valence-corrected chi connectivity index (χ3v) is 5.22. The van der Waals surface area contributed by atoms with Crippen molar-refractivity contribution in [2.75, 3.05) is 13.6 Å². The molecule has 2 rings (SSSR count). The van der Waals surface area contributed by atoms with Crippen molar-refractivity contribution in [2.45, 2.75) is 51.6 Å². The molecule has 118 valence electrons. The molecule has 0 heterocycles. The Hall–Kier alpha value is -0.640. The summed E-state index contributed by atoms with van der Waals surface area (Å²) in [6.07, 6.45) is 4.86. The molecule has 2 nitrogen and oxygen atoms in total. The van der Waals surface area contributed by atoms with Crippen LogP contribution in [0.4, 0.5) is 4.39 Å². The van der Waals surface area contributed by atoms with Crippen LogP contribution in [0.15, 0.2) is 18.2 Å². The van der Waals surface area contributed by atoms with Crippen molar-refractivity contribution in [3.63, 3.8) is 0 Å². The van der Waals surface area contributed by atoms with Crippen LogP contribution in [0.5, 0.6) is 0 Å². The number of benzene rings is 1. The second-order valence-electron chi connectivity index (χ2n) is 6.99. The molecule has 0 spiro atoms. The maximum absolute atomic E-state index is 13.3. The van der Waals surface area contributed by atoms with Gasteiger partial charge in [-0.25, -0.2) is 4.39 Å². The highest BCUT2D eigenvalue weighted by molar-refractivity contribution is 6.30. The fraction of sp³-hybridized carbons (Fsp3) is 0.647. The summed E-state index contributed by atoms with van der Waals surface area (Å²) in [5.41, 5.74) is 7.42. The van der Waals surface area contributed by atoms with Gasteiger partial charge in [-0.3, -0.25) is 4.90 Å². The van der Waals surface area contributed by atoms with Gasteiger partial charge in [-0.15, -0.1) is 0 Å². The average Bonchev–Trinajstić information content (AvgIpc) is 2.43. The molecule has 2 N–H and O–H groups in total. The zero-order chi connectivity index (χ0) is 15.6. The second-order valence-corrected chi connectivity index (χ2v) is 7.39. The first-order chi connectivity index (χ1) is 9.84.